The van der Waals surface area contributed by atoms with Crippen molar-refractivity contribution in [1.82, 2.24) is 0 Å². The van der Waals surface area contributed by atoms with Gasteiger partial charge in [0.2, 0.25) is 0 Å². The van der Waals surface area contributed by atoms with E-state index in [-0.39, 0.29) is 32.1 Å². The van der Waals surface area contributed by atoms with Crippen molar-refractivity contribution in [2.45, 2.75) is 129 Å². The lowest BCUT2D eigenvalue weighted by Gasteiger charge is -2.62. The van der Waals surface area contributed by atoms with Crippen molar-refractivity contribution in [3.63, 3.8) is 0 Å². The lowest BCUT2D eigenvalue weighted by Crippen LogP contribution is -2.69. The Bertz CT molecular complexity index is 1630. The number of hydrogen-bond acceptors (Lipinski definition) is 15. The molecule has 0 spiro atoms. The Kier molecular flexibility index (Phi) is 12.5. The second-order valence-corrected chi connectivity index (χ2v) is 15.9. The first-order chi connectivity index (χ1) is 25.7. The van der Waals surface area contributed by atoms with Crippen molar-refractivity contribution in [3.8, 4) is 0 Å². The van der Waals surface area contributed by atoms with Crippen molar-refractivity contribution in [2.24, 2.45) is 33.6 Å². The highest BCUT2D eigenvalue weighted by molar-refractivity contribution is 6.06. The van der Waals surface area contributed by atoms with Crippen LogP contribution in [0.4, 0.5) is 4.39 Å². The molecule has 3 saturated carbocycles. The van der Waals surface area contributed by atoms with Gasteiger partial charge < -0.3 is 43.7 Å². The number of alkyl halides is 1. The van der Waals surface area contributed by atoms with Crippen LogP contribution in [0, 0.1) is 28.6 Å². The number of nitrogens with zero attached hydrogens (tertiary/aromatic N) is 1. The van der Waals surface area contributed by atoms with Gasteiger partial charge in [0.25, 0.3) is 0 Å². The Balaban J connectivity index is 1.28. The van der Waals surface area contributed by atoms with Crippen LogP contribution in [0.3, 0.4) is 0 Å². The van der Waals surface area contributed by atoms with Crippen LogP contribution in [-0.2, 0) is 52.4 Å². The van der Waals surface area contributed by atoms with Gasteiger partial charge in [-0.2, -0.15) is 0 Å². The first kappa shape index (κ1) is 42.6. The molecule has 0 aromatic rings. The minimum absolute atomic E-state index is 0.0215. The van der Waals surface area contributed by atoms with Crippen LogP contribution in [0.1, 0.15) is 80.6 Å². The molecule has 306 valence electrons. The number of Topliss-reactive ketones (excluding diaryl/α,β-unsaturated/α-hetero) is 1. The summed E-state index contributed by atoms with van der Waals surface area (Å²) in [5, 5.41) is 33.0. The van der Waals surface area contributed by atoms with Crippen molar-refractivity contribution in [1.29, 1.82) is 0 Å². The van der Waals surface area contributed by atoms with Crippen molar-refractivity contribution in [2.75, 3.05) is 26.4 Å². The molecule has 0 aromatic carbocycles. The van der Waals surface area contributed by atoms with Gasteiger partial charge in [0, 0.05) is 51.0 Å². The number of esters is 4. The predicted octanol–water partition coefficient (Wildman–Crippen LogP) is 2.26. The highest BCUT2D eigenvalue weighted by atomic mass is 19.1. The maximum atomic E-state index is 17.7. The Morgan fingerprint density at radius 3 is 2.22 bits per heavy atom. The molecule has 5 aliphatic rings. The number of ketones is 1. The van der Waals surface area contributed by atoms with Crippen LogP contribution in [-0.4, -0.2) is 125 Å². The van der Waals surface area contributed by atoms with E-state index in [0.29, 0.717) is 31.4 Å². The summed E-state index contributed by atoms with van der Waals surface area (Å²) in [5.74, 6) is -5.13. The molecule has 0 amide bonds. The summed E-state index contributed by atoms with van der Waals surface area (Å²) in [6.07, 6.45) is -1.11. The van der Waals surface area contributed by atoms with E-state index < -0.39 is 107 Å². The van der Waals surface area contributed by atoms with Crippen LogP contribution >= 0.6 is 0 Å². The van der Waals surface area contributed by atoms with E-state index in [1.165, 1.54) is 6.92 Å². The molecule has 0 radical (unpaired) electrons. The second-order valence-electron chi connectivity index (χ2n) is 15.9. The third-order valence-corrected chi connectivity index (χ3v) is 12.6. The molecule has 13 atom stereocenters. The van der Waals surface area contributed by atoms with Gasteiger partial charge in [-0.05, 0) is 63.0 Å². The van der Waals surface area contributed by atoms with E-state index in [1.54, 1.807) is 32.9 Å². The summed E-state index contributed by atoms with van der Waals surface area (Å²) in [4.78, 5) is 65.3. The lowest BCUT2D eigenvalue weighted by molar-refractivity contribution is -0.308. The number of fused-ring (bicyclic) bond motifs is 5. The normalized spacial score (nSPS) is 41.3. The number of carbonyl (C=O) groups excluding carboxylic acids is 5. The topological polar surface area (TPSA) is 214 Å². The Morgan fingerprint density at radius 1 is 0.964 bits per heavy atom. The number of rotatable bonds is 12. The number of ether oxygens (including phenoxy) is 6. The third-order valence-electron chi connectivity index (χ3n) is 12.6. The Hall–Kier alpha value is -3.57. The molecule has 0 bridgehead atoms. The third kappa shape index (κ3) is 7.52. The smallest absolute Gasteiger partial charge is 0.303 e. The molecule has 3 N–H and O–H groups in total. The molecule has 4 aliphatic carbocycles. The van der Waals surface area contributed by atoms with Crippen molar-refractivity contribution < 1.29 is 72.1 Å². The minimum atomic E-state index is -2.07. The molecule has 4 fully saturated rings. The van der Waals surface area contributed by atoms with E-state index in [4.69, 9.17) is 28.4 Å². The van der Waals surface area contributed by atoms with Gasteiger partial charge in [-0.15, -0.1) is 0 Å². The van der Waals surface area contributed by atoms with E-state index in [9.17, 15) is 39.3 Å². The van der Waals surface area contributed by atoms with Crippen LogP contribution in [0.5, 0.6) is 0 Å². The van der Waals surface area contributed by atoms with Crippen LogP contribution in [0.2, 0.25) is 0 Å². The number of aliphatic hydroxyl groups excluding tert-OH is 2. The standard InChI is InChI=1S/C39H54FNO14/c1-20-15-28-27-10-9-25-16-26(11-12-36(25,6)38(27,40)30(47)17-37(28,7)39(20,49)31(48)18-42)41-13-8-14-50-35-34(54-24(5)46)33(53-23(4)45)32(52-22(3)44)29(55-35)19-51-21(2)43/h11-12,16,20,27-30,32-35,42,47,49H,8-10,13-15,17-19H2,1-7H3/t20-,27+,28+,29?,30+,32?,33?,34?,35?,36+,37+,38+,39+/m1/s1. The maximum Gasteiger partial charge on any atom is 0.303 e. The van der Waals surface area contributed by atoms with Gasteiger partial charge in [0.15, 0.2) is 36.1 Å². The monoisotopic (exact) mass is 779 g/mol. The molecular formula is C39H54FNO14. The molecular weight excluding hydrogens is 725 g/mol. The Labute approximate surface area is 319 Å². The molecule has 55 heavy (non-hydrogen) atoms. The molecule has 5 rings (SSSR count). The SMILES string of the molecule is CC(=O)OCC1OC(OCCCN=C2C=C[C@@]3(C)C(=C2)CC[C@H]2[C@@H]4C[C@@H](C)[C@](O)(C(=O)CO)[C@@]4(C)C[C@H](O)[C@@]23F)C(OC(C)=O)C(OC(C)=O)C1OC(C)=O. The molecule has 1 saturated heterocycles. The Morgan fingerprint density at radius 2 is 1.60 bits per heavy atom. The summed E-state index contributed by atoms with van der Waals surface area (Å²) in [6.45, 7) is 8.91. The highest BCUT2D eigenvalue weighted by Gasteiger charge is 2.75. The molecule has 15 nitrogen and oxygen atoms in total. The largest absolute Gasteiger partial charge is 0.463 e. The summed E-state index contributed by atoms with van der Waals surface area (Å²) in [6, 6.07) is 0. The molecule has 1 aliphatic heterocycles. The van der Waals surface area contributed by atoms with Gasteiger partial charge >= 0.3 is 23.9 Å². The van der Waals surface area contributed by atoms with E-state index >= 15 is 4.39 Å². The van der Waals surface area contributed by atoms with E-state index in [1.807, 2.05) is 6.08 Å². The fourth-order valence-electron chi connectivity index (χ4n) is 10.2. The lowest BCUT2D eigenvalue weighted by atomic mass is 9.44. The average molecular weight is 780 g/mol. The maximum absolute atomic E-state index is 17.7. The van der Waals surface area contributed by atoms with Gasteiger partial charge in [-0.3, -0.25) is 29.0 Å². The number of aliphatic imine (C=N–C) groups is 1. The molecule has 5 unspecified atom stereocenters. The molecule has 1 heterocycles. The average Bonchev–Trinajstić information content (AvgIpc) is 3.30. The number of halogens is 1. The predicted molar refractivity (Wildman–Crippen MR) is 190 cm³/mol. The van der Waals surface area contributed by atoms with Gasteiger partial charge in [0.05, 0.1) is 18.4 Å². The second kappa shape index (κ2) is 16.1. The molecule has 16 heteroatoms. The quantitative estimate of drug-likeness (QED) is 0.147. The zero-order chi connectivity index (χ0) is 40.7. The summed E-state index contributed by atoms with van der Waals surface area (Å²) >= 11 is 0. The van der Waals surface area contributed by atoms with Gasteiger partial charge in [-0.1, -0.05) is 25.5 Å². The van der Waals surface area contributed by atoms with Gasteiger partial charge in [-0.25, -0.2) is 4.39 Å². The zero-order valence-electron chi connectivity index (χ0n) is 32.4. The van der Waals surface area contributed by atoms with Crippen LogP contribution in [0.25, 0.3) is 0 Å². The van der Waals surface area contributed by atoms with E-state index in [0.717, 1.165) is 26.3 Å². The summed E-state index contributed by atoms with van der Waals surface area (Å²) in [7, 11) is 0. The van der Waals surface area contributed by atoms with Gasteiger partial charge in [0.1, 0.15) is 24.9 Å². The number of hydrogen-bond donors (Lipinski definition) is 3. The zero-order valence-corrected chi connectivity index (χ0v) is 32.4. The minimum Gasteiger partial charge on any atom is -0.463 e. The summed E-state index contributed by atoms with van der Waals surface area (Å²) in [5.41, 5.74) is -4.85. The first-order valence-electron chi connectivity index (χ1n) is 18.8. The van der Waals surface area contributed by atoms with Crippen molar-refractivity contribution in [3.05, 3.63) is 23.8 Å². The molecule has 0 aromatic heterocycles. The first-order valence-corrected chi connectivity index (χ1v) is 18.8. The van der Waals surface area contributed by atoms with Crippen LogP contribution < -0.4 is 0 Å². The number of allylic oxidation sites excluding steroid dienone is 4. The fourth-order valence-corrected chi connectivity index (χ4v) is 10.2. The highest BCUT2D eigenvalue weighted by Crippen LogP contribution is 2.70. The van der Waals surface area contributed by atoms with Crippen LogP contribution in [0.15, 0.2) is 28.8 Å². The van der Waals surface area contributed by atoms with E-state index in [2.05, 4.69) is 4.99 Å². The fraction of sp³-hybridized carbons (Fsp3) is 0.744. The summed E-state index contributed by atoms with van der Waals surface area (Å²) < 4.78 is 51.0. The number of carbonyl (C=O) groups is 5. The number of aliphatic hydroxyl groups is 3. The van der Waals surface area contributed by atoms with Crippen molar-refractivity contribution >= 4 is 35.4 Å².